The fourth-order valence-electron chi connectivity index (χ4n) is 2.76. The number of amides is 1. The molecule has 1 aliphatic rings. The van der Waals surface area contributed by atoms with E-state index in [1.807, 2.05) is 18.4 Å². The van der Waals surface area contributed by atoms with Gasteiger partial charge in [0.25, 0.3) is 5.91 Å². The van der Waals surface area contributed by atoms with Crippen molar-refractivity contribution in [2.75, 3.05) is 11.6 Å². The molecule has 3 rings (SSSR count). The Kier molecular flexibility index (Phi) is 5.70. The van der Waals surface area contributed by atoms with E-state index in [0.29, 0.717) is 11.3 Å². The first-order chi connectivity index (χ1) is 12.9. The topological polar surface area (TPSA) is 42.0 Å². The zero-order chi connectivity index (χ0) is 19.4. The summed E-state index contributed by atoms with van der Waals surface area (Å²) in [5.41, 5.74) is 0.736. The summed E-state index contributed by atoms with van der Waals surface area (Å²) in [4.78, 5) is 16.7. The number of alkyl halides is 3. The third-order valence-electron chi connectivity index (χ3n) is 4.22. The summed E-state index contributed by atoms with van der Waals surface area (Å²) < 4.78 is 37.8. The second-order valence-corrected chi connectivity index (χ2v) is 7.01. The average Bonchev–Trinajstić information content (AvgIpc) is 2.68. The van der Waals surface area contributed by atoms with Crippen LogP contribution in [0, 0.1) is 0 Å². The van der Waals surface area contributed by atoms with Crippen molar-refractivity contribution in [3.8, 4) is 0 Å². The van der Waals surface area contributed by atoms with Gasteiger partial charge in [0.15, 0.2) is 0 Å². The molecule has 1 aliphatic carbocycles. The van der Waals surface area contributed by atoms with Crippen molar-refractivity contribution in [1.82, 2.24) is 4.98 Å². The molecule has 7 heteroatoms. The molecule has 27 heavy (non-hydrogen) atoms. The molecule has 0 bridgehead atoms. The van der Waals surface area contributed by atoms with Crippen molar-refractivity contribution in [1.29, 1.82) is 0 Å². The number of carbonyl (C=O) groups is 1. The minimum absolute atomic E-state index is 0.136. The van der Waals surface area contributed by atoms with Crippen LogP contribution in [0.15, 0.2) is 66.9 Å². The molecule has 1 aromatic carbocycles. The third kappa shape index (κ3) is 4.60. The largest absolute Gasteiger partial charge is 0.416 e. The van der Waals surface area contributed by atoms with Crippen LogP contribution in [-0.4, -0.2) is 22.4 Å². The van der Waals surface area contributed by atoms with Crippen LogP contribution < -0.4 is 5.32 Å². The quantitative estimate of drug-likeness (QED) is 0.771. The summed E-state index contributed by atoms with van der Waals surface area (Å²) in [6.07, 6.45) is 7.28. The molecular formula is C20H17F3N2OS. The van der Waals surface area contributed by atoms with Gasteiger partial charge < -0.3 is 5.32 Å². The van der Waals surface area contributed by atoms with Gasteiger partial charge in [-0.25, -0.2) is 0 Å². The molecule has 1 unspecified atom stereocenters. The Morgan fingerprint density at radius 2 is 1.78 bits per heavy atom. The number of rotatable bonds is 4. The molecule has 1 heterocycles. The third-order valence-corrected chi connectivity index (χ3v) is 5.21. The van der Waals surface area contributed by atoms with Crippen molar-refractivity contribution in [2.24, 2.45) is 0 Å². The van der Waals surface area contributed by atoms with Gasteiger partial charge in [-0.15, -0.1) is 0 Å². The van der Waals surface area contributed by atoms with Crippen LogP contribution in [-0.2, 0) is 6.18 Å². The number of benzene rings is 1. The Hall–Kier alpha value is -2.54. The van der Waals surface area contributed by atoms with E-state index in [1.54, 1.807) is 23.9 Å². The van der Waals surface area contributed by atoms with Gasteiger partial charge in [-0.3, -0.25) is 9.78 Å². The molecule has 0 fully saturated rings. The maximum absolute atomic E-state index is 12.6. The Bertz CT molecular complexity index is 858. The molecular weight excluding hydrogens is 373 g/mol. The highest BCUT2D eigenvalue weighted by Crippen LogP contribution is 2.31. The van der Waals surface area contributed by atoms with E-state index < -0.39 is 17.6 Å². The van der Waals surface area contributed by atoms with Gasteiger partial charge in [-0.2, -0.15) is 24.9 Å². The highest BCUT2D eigenvalue weighted by atomic mass is 32.2. The number of aromatic nitrogens is 1. The highest BCUT2D eigenvalue weighted by molar-refractivity contribution is 7.99. The van der Waals surface area contributed by atoms with E-state index in [0.717, 1.165) is 17.8 Å². The molecule has 2 aromatic rings. The predicted molar refractivity (Wildman–Crippen MR) is 102 cm³/mol. The number of thioether (sulfide) groups is 1. The van der Waals surface area contributed by atoms with Crippen LogP contribution in [0.3, 0.4) is 0 Å². The monoisotopic (exact) mass is 390 g/mol. The first-order valence-corrected chi connectivity index (χ1v) is 9.49. The first-order valence-electron chi connectivity index (χ1n) is 8.21. The fourth-order valence-corrected chi connectivity index (χ4v) is 3.53. The van der Waals surface area contributed by atoms with E-state index in [4.69, 9.17) is 0 Å². The van der Waals surface area contributed by atoms with Crippen LogP contribution in [0.25, 0.3) is 0 Å². The second kappa shape index (κ2) is 8.00. The predicted octanol–water partition coefficient (Wildman–Crippen LogP) is 5.29. The number of hydrogen-bond acceptors (Lipinski definition) is 3. The van der Waals surface area contributed by atoms with Gasteiger partial charge in [0, 0.05) is 28.7 Å². The molecule has 0 saturated carbocycles. The lowest BCUT2D eigenvalue weighted by molar-refractivity contribution is -0.137. The molecule has 2 atom stereocenters. The molecule has 0 saturated heterocycles. The molecule has 0 spiro atoms. The molecule has 0 aliphatic heterocycles. The summed E-state index contributed by atoms with van der Waals surface area (Å²) in [5.74, 6) is -0.286. The van der Waals surface area contributed by atoms with Crippen LogP contribution in [0.4, 0.5) is 18.9 Å². The molecule has 1 N–H and O–H groups in total. The summed E-state index contributed by atoms with van der Waals surface area (Å²) in [7, 11) is 0. The molecule has 1 aromatic heterocycles. The first kappa shape index (κ1) is 19.2. The van der Waals surface area contributed by atoms with Crippen molar-refractivity contribution < 1.29 is 18.0 Å². The van der Waals surface area contributed by atoms with E-state index in [9.17, 15) is 18.0 Å². The lowest BCUT2D eigenvalue weighted by Crippen LogP contribution is -2.16. The zero-order valence-electron chi connectivity index (χ0n) is 14.4. The van der Waals surface area contributed by atoms with Crippen molar-refractivity contribution >= 4 is 23.4 Å². The Morgan fingerprint density at radius 1 is 1.07 bits per heavy atom. The Morgan fingerprint density at radius 3 is 2.37 bits per heavy atom. The summed E-state index contributed by atoms with van der Waals surface area (Å²) in [6.45, 7) is 0. The second-order valence-electron chi connectivity index (χ2n) is 6.00. The normalized spacial score (nSPS) is 19.1. The summed E-state index contributed by atoms with van der Waals surface area (Å²) in [5, 5.41) is 2.87. The standard InChI is InChI=1S/C20H17F3N2OS/c1-27-18-5-3-2-4-16(18)17-11-6-13(12-24-17)19(26)25-15-9-7-14(8-10-15)20(21,22)23/h2-12,16,18H,1H3,(H,25,26)/t16-,18?/m1/s1. The van der Waals surface area contributed by atoms with E-state index in [1.165, 1.54) is 18.3 Å². The van der Waals surface area contributed by atoms with Crippen LogP contribution in [0.1, 0.15) is 27.5 Å². The summed E-state index contributed by atoms with van der Waals surface area (Å²) in [6, 6.07) is 7.80. The van der Waals surface area contributed by atoms with Gasteiger partial charge in [-0.05, 0) is 42.7 Å². The number of carbonyl (C=O) groups excluding carboxylic acids is 1. The highest BCUT2D eigenvalue weighted by Gasteiger charge is 2.30. The molecule has 3 nitrogen and oxygen atoms in total. The van der Waals surface area contributed by atoms with E-state index >= 15 is 0 Å². The van der Waals surface area contributed by atoms with Crippen molar-refractivity contribution in [3.63, 3.8) is 0 Å². The molecule has 1 amide bonds. The van der Waals surface area contributed by atoms with Crippen molar-refractivity contribution in [3.05, 3.63) is 83.7 Å². The fraction of sp³-hybridized carbons (Fsp3) is 0.200. The van der Waals surface area contributed by atoms with Gasteiger partial charge >= 0.3 is 6.18 Å². The number of pyridine rings is 1. The van der Waals surface area contributed by atoms with Crippen LogP contribution in [0.2, 0.25) is 0 Å². The lowest BCUT2D eigenvalue weighted by atomic mass is 9.96. The van der Waals surface area contributed by atoms with E-state index in [2.05, 4.69) is 22.5 Å². The van der Waals surface area contributed by atoms with Gasteiger partial charge in [0.05, 0.1) is 11.1 Å². The number of nitrogens with one attached hydrogen (secondary N) is 1. The number of anilines is 1. The Balaban J connectivity index is 1.69. The van der Waals surface area contributed by atoms with Crippen LogP contribution in [0.5, 0.6) is 0 Å². The SMILES string of the molecule is CSC1C=CC=C[C@@H]1c1ccc(C(=O)Nc2ccc(C(F)(F)F)cc2)cn1. The lowest BCUT2D eigenvalue weighted by Gasteiger charge is -2.21. The van der Waals surface area contributed by atoms with Gasteiger partial charge in [0.1, 0.15) is 0 Å². The van der Waals surface area contributed by atoms with Crippen molar-refractivity contribution in [2.45, 2.75) is 17.3 Å². The molecule has 0 radical (unpaired) electrons. The van der Waals surface area contributed by atoms with E-state index in [-0.39, 0.29) is 11.2 Å². The maximum atomic E-state index is 12.6. The number of halogens is 3. The summed E-state index contributed by atoms with van der Waals surface area (Å²) >= 11 is 1.73. The minimum Gasteiger partial charge on any atom is -0.322 e. The van der Waals surface area contributed by atoms with Gasteiger partial charge in [-0.1, -0.05) is 24.3 Å². The Labute approximate surface area is 159 Å². The van der Waals surface area contributed by atoms with Gasteiger partial charge in [0.2, 0.25) is 0 Å². The minimum atomic E-state index is -4.40. The van der Waals surface area contributed by atoms with Crippen LogP contribution >= 0.6 is 11.8 Å². The zero-order valence-corrected chi connectivity index (χ0v) is 15.2. The average molecular weight is 390 g/mol. The number of nitrogens with zero attached hydrogens (tertiary/aromatic N) is 1. The molecule has 140 valence electrons. The maximum Gasteiger partial charge on any atom is 0.416 e. The number of allylic oxidation sites excluding steroid dienone is 3. The number of hydrogen-bond donors (Lipinski definition) is 1. The smallest absolute Gasteiger partial charge is 0.322 e.